The molecule has 1 aliphatic rings. The monoisotopic (exact) mass is 388 g/mol. The van der Waals surface area contributed by atoms with Crippen LogP contribution in [-0.2, 0) is 6.54 Å². The molecule has 1 aliphatic heterocycles. The second kappa shape index (κ2) is 9.93. The topological polar surface area (TPSA) is 31.8 Å². The molecule has 0 unspecified atom stereocenters. The van der Waals surface area contributed by atoms with E-state index in [1.54, 1.807) is 6.20 Å². The summed E-state index contributed by atoms with van der Waals surface area (Å²) in [5.41, 5.74) is 1.30. The van der Waals surface area contributed by atoms with Crippen molar-refractivity contribution in [1.82, 2.24) is 14.8 Å². The Hall–Kier alpha value is -1.82. The minimum Gasteiger partial charge on any atom is -0.494 e. The average Bonchev–Trinajstić information content (AvgIpc) is 2.67. The molecule has 2 heterocycles. The number of aromatic nitrogens is 1. The molecule has 27 heavy (non-hydrogen) atoms. The number of hydrogen-bond acceptors (Lipinski definition) is 5. The van der Waals surface area contributed by atoms with Crippen molar-refractivity contribution >= 4 is 17.4 Å². The Morgan fingerprint density at radius 2 is 1.93 bits per heavy atom. The van der Waals surface area contributed by atoms with Crippen LogP contribution in [0.15, 0.2) is 42.6 Å². The van der Waals surface area contributed by atoms with Crippen LogP contribution in [0.4, 0.5) is 5.82 Å². The zero-order valence-electron chi connectivity index (χ0n) is 16.3. The Morgan fingerprint density at radius 3 is 2.63 bits per heavy atom. The van der Waals surface area contributed by atoms with Gasteiger partial charge in [-0.3, -0.25) is 4.90 Å². The maximum absolute atomic E-state index is 5.93. The number of nitrogens with zero attached hydrogens (tertiary/aromatic N) is 4. The second-order valence-electron chi connectivity index (χ2n) is 7.25. The second-order valence-corrected chi connectivity index (χ2v) is 7.69. The first-order valence-electron chi connectivity index (χ1n) is 9.55. The Balaban J connectivity index is 1.46. The Kier molecular flexibility index (Phi) is 7.33. The summed E-state index contributed by atoms with van der Waals surface area (Å²) in [4.78, 5) is 11.4. The highest BCUT2D eigenvalue weighted by Gasteiger charge is 2.18. The lowest BCUT2D eigenvalue weighted by molar-refractivity contribution is 0.248. The number of piperazine rings is 1. The van der Waals surface area contributed by atoms with E-state index in [1.807, 2.05) is 18.2 Å². The van der Waals surface area contributed by atoms with E-state index in [2.05, 4.69) is 52.0 Å². The number of hydrogen-bond donors (Lipinski definition) is 0. The summed E-state index contributed by atoms with van der Waals surface area (Å²) < 4.78 is 5.90. The quantitative estimate of drug-likeness (QED) is 0.647. The van der Waals surface area contributed by atoms with E-state index in [1.165, 1.54) is 5.56 Å². The zero-order chi connectivity index (χ0) is 19.1. The maximum Gasteiger partial charge on any atom is 0.128 e. The van der Waals surface area contributed by atoms with Crippen LogP contribution in [0.5, 0.6) is 5.75 Å². The summed E-state index contributed by atoms with van der Waals surface area (Å²) in [5, 5.41) is 0.682. The molecule has 0 N–H and O–H groups in total. The molecule has 2 aromatic rings. The van der Waals surface area contributed by atoms with Gasteiger partial charge >= 0.3 is 0 Å². The Bertz CT molecular complexity index is 700. The fourth-order valence-electron chi connectivity index (χ4n) is 3.25. The molecule has 146 valence electrons. The molecule has 0 saturated carbocycles. The van der Waals surface area contributed by atoms with Gasteiger partial charge in [0.15, 0.2) is 0 Å². The average molecular weight is 389 g/mol. The van der Waals surface area contributed by atoms with Gasteiger partial charge in [0.1, 0.15) is 11.6 Å². The Labute approximate surface area is 167 Å². The molecule has 0 spiro atoms. The summed E-state index contributed by atoms with van der Waals surface area (Å²) >= 11 is 5.93. The highest BCUT2D eigenvalue weighted by atomic mass is 35.5. The van der Waals surface area contributed by atoms with E-state index >= 15 is 0 Å². The summed E-state index contributed by atoms with van der Waals surface area (Å²) in [7, 11) is 4.17. The lowest BCUT2D eigenvalue weighted by Gasteiger charge is -2.35. The molecule has 1 fully saturated rings. The number of ether oxygens (including phenoxy) is 1. The van der Waals surface area contributed by atoms with Crippen molar-refractivity contribution in [2.24, 2.45) is 0 Å². The van der Waals surface area contributed by atoms with Crippen molar-refractivity contribution in [3.05, 3.63) is 53.2 Å². The fourth-order valence-corrected chi connectivity index (χ4v) is 3.36. The molecule has 0 atom stereocenters. The van der Waals surface area contributed by atoms with E-state index in [0.717, 1.165) is 63.9 Å². The minimum absolute atomic E-state index is 0.682. The molecule has 0 amide bonds. The summed E-state index contributed by atoms with van der Waals surface area (Å²) in [5.74, 6) is 1.97. The van der Waals surface area contributed by atoms with Crippen molar-refractivity contribution in [2.75, 3.05) is 58.3 Å². The predicted octanol–water partition coefficient (Wildman–Crippen LogP) is 3.39. The first-order chi connectivity index (χ1) is 13.1. The van der Waals surface area contributed by atoms with Crippen molar-refractivity contribution in [3.63, 3.8) is 0 Å². The first-order valence-corrected chi connectivity index (χ1v) is 9.93. The van der Waals surface area contributed by atoms with Gasteiger partial charge in [0.25, 0.3) is 0 Å². The standard InChI is InChI=1S/C21H29ClN4O/c1-24(2)9-4-14-27-20-6-3-5-18(15-20)17-25-10-12-26(13-11-25)21-8-7-19(22)16-23-21/h3,5-8,15-16H,4,9-14,17H2,1-2H3. The van der Waals surface area contributed by atoms with Crippen LogP contribution in [0.1, 0.15) is 12.0 Å². The minimum atomic E-state index is 0.682. The summed E-state index contributed by atoms with van der Waals surface area (Å²) in [6.45, 7) is 6.78. The molecule has 1 aromatic heterocycles. The van der Waals surface area contributed by atoms with Crippen LogP contribution in [0.25, 0.3) is 0 Å². The smallest absolute Gasteiger partial charge is 0.128 e. The van der Waals surface area contributed by atoms with Crippen LogP contribution >= 0.6 is 11.6 Å². The van der Waals surface area contributed by atoms with E-state index in [-0.39, 0.29) is 0 Å². The molecule has 0 aliphatic carbocycles. The third kappa shape index (κ3) is 6.38. The van der Waals surface area contributed by atoms with Crippen LogP contribution in [-0.4, -0.2) is 68.2 Å². The molecule has 1 aromatic carbocycles. The third-order valence-electron chi connectivity index (χ3n) is 4.73. The van der Waals surface area contributed by atoms with Crippen LogP contribution in [0, 0.1) is 0 Å². The van der Waals surface area contributed by atoms with Gasteiger partial charge in [-0.05, 0) is 50.3 Å². The molecular weight excluding hydrogens is 360 g/mol. The number of pyridine rings is 1. The van der Waals surface area contributed by atoms with Gasteiger partial charge in [-0.1, -0.05) is 23.7 Å². The molecule has 0 bridgehead atoms. The van der Waals surface area contributed by atoms with Gasteiger partial charge in [0.2, 0.25) is 0 Å². The molecular formula is C21H29ClN4O. The lowest BCUT2D eigenvalue weighted by atomic mass is 10.2. The highest BCUT2D eigenvalue weighted by molar-refractivity contribution is 6.30. The molecule has 5 nitrogen and oxygen atoms in total. The van der Waals surface area contributed by atoms with Gasteiger partial charge in [0.05, 0.1) is 11.6 Å². The van der Waals surface area contributed by atoms with Crippen LogP contribution in [0.3, 0.4) is 0 Å². The maximum atomic E-state index is 5.93. The van der Waals surface area contributed by atoms with Gasteiger partial charge in [0, 0.05) is 45.5 Å². The third-order valence-corrected chi connectivity index (χ3v) is 4.95. The van der Waals surface area contributed by atoms with Crippen molar-refractivity contribution in [2.45, 2.75) is 13.0 Å². The predicted molar refractivity (Wildman–Crippen MR) is 112 cm³/mol. The molecule has 6 heteroatoms. The fraction of sp³-hybridized carbons (Fsp3) is 0.476. The number of halogens is 1. The zero-order valence-corrected chi connectivity index (χ0v) is 17.0. The SMILES string of the molecule is CN(C)CCCOc1cccc(CN2CCN(c3ccc(Cl)cn3)CC2)c1. The van der Waals surface area contributed by atoms with E-state index in [9.17, 15) is 0 Å². The van der Waals surface area contributed by atoms with Crippen LogP contribution in [0.2, 0.25) is 5.02 Å². The van der Waals surface area contributed by atoms with E-state index in [4.69, 9.17) is 16.3 Å². The number of rotatable bonds is 8. The van der Waals surface area contributed by atoms with Crippen LogP contribution < -0.4 is 9.64 Å². The van der Waals surface area contributed by atoms with Crippen molar-refractivity contribution in [1.29, 1.82) is 0 Å². The lowest BCUT2D eigenvalue weighted by Crippen LogP contribution is -2.46. The van der Waals surface area contributed by atoms with Gasteiger partial charge in [-0.15, -0.1) is 0 Å². The van der Waals surface area contributed by atoms with Gasteiger partial charge in [-0.25, -0.2) is 4.98 Å². The molecule has 3 rings (SSSR count). The number of anilines is 1. The van der Waals surface area contributed by atoms with Crippen molar-refractivity contribution in [3.8, 4) is 5.75 Å². The molecule has 0 radical (unpaired) electrons. The van der Waals surface area contributed by atoms with Crippen molar-refractivity contribution < 1.29 is 4.74 Å². The summed E-state index contributed by atoms with van der Waals surface area (Å²) in [6.07, 6.45) is 2.76. The highest BCUT2D eigenvalue weighted by Crippen LogP contribution is 2.19. The van der Waals surface area contributed by atoms with E-state index in [0.29, 0.717) is 5.02 Å². The first kappa shape index (κ1) is 19.9. The van der Waals surface area contributed by atoms with Gasteiger partial charge < -0.3 is 14.5 Å². The van der Waals surface area contributed by atoms with E-state index < -0.39 is 0 Å². The normalized spacial score (nSPS) is 15.3. The molecule has 1 saturated heterocycles. The number of benzene rings is 1. The largest absolute Gasteiger partial charge is 0.494 e. The van der Waals surface area contributed by atoms with Gasteiger partial charge in [-0.2, -0.15) is 0 Å². The summed E-state index contributed by atoms with van der Waals surface area (Å²) in [6, 6.07) is 12.4. The Morgan fingerprint density at radius 1 is 1.11 bits per heavy atom.